The van der Waals surface area contributed by atoms with Crippen molar-refractivity contribution in [2.75, 3.05) is 24.6 Å². The van der Waals surface area contributed by atoms with Gasteiger partial charge in [-0.2, -0.15) is 5.26 Å². The predicted octanol–water partition coefficient (Wildman–Crippen LogP) is 1.57. The first-order chi connectivity index (χ1) is 7.79. The Morgan fingerprint density at radius 3 is 3.12 bits per heavy atom. The van der Waals surface area contributed by atoms with Crippen LogP contribution >= 0.6 is 0 Å². The van der Waals surface area contributed by atoms with Crippen molar-refractivity contribution < 1.29 is 4.74 Å². The highest BCUT2D eigenvalue weighted by molar-refractivity contribution is 5.46. The van der Waals surface area contributed by atoms with Gasteiger partial charge in [-0.1, -0.05) is 0 Å². The maximum atomic E-state index is 8.68. The Morgan fingerprint density at radius 1 is 1.56 bits per heavy atom. The van der Waals surface area contributed by atoms with Gasteiger partial charge >= 0.3 is 0 Å². The van der Waals surface area contributed by atoms with Gasteiger partial charge in [-0.15, -0.1) is 0 Å². The van der Waals surface area contributed by atoms with Crippen LogP contribution in [0.4, 0.5) is 5.69 Å². The summed E-state index contributed by atoms with van der Waals surface area (Å²) in [6.45, 7) is 4.77. The molecule has 0 spiro atoms. The molecule has 0 saturated carbocycles. The lowest BCUT2D eigenvalue weighted by atomic mass is 10.3. The zero-order valence-corrected chi connectivity index (χ0v) is 9.39. The molecule has 2 heterocycles. The summed E-state index contributed by atoms with van der Waals surface area (Å²) in [5.74, 6) is 0. The first-order valence-electron chi connectivity index (χ1n) is 5.52. The third kappa shape index (κ3) is 2.50. The topological polar surface area (TPSA) is 49.2 Å². The van der Waals surface area contributed by atoms with Crippen molar-refractivity contribution in [2.45, 2.75) is 19.4 Å². The number of pyridine rings is 1. The van der Waals surface area contributed by atoms with Crippen LogP contribution in [0.15, 0.2) is 18.3 Å². The molecule has 4 heteroatoms. The van der Waals surface area contributed by atoms with Crippen LogP contribution in [0.5, 0.6) is 0 Å². The number of anilines is 1. The molecule has 1 fully saturated rings. The number of aromatic nitrogens is 1. The van der Waals surface area contributed by atoms with Crippen molar-refractivity contribution in [1.82, 2.24) is 4.98 Å². The zero-order chi connectivity index (χ0) is 11.4. The Balaban J connectivity index is 2.12. The van der Waals surface area contributed by atoms with Crippen molar-refractivity contribution in [3.05, 3.63) is 24.0 Å². The number of hydrogen-bond acceptors (Lipinski definition) is 4. The molecule has 0 amide bonds. The smallest absolute Gasteiger partial charge is 0.140 e. The summed E-state index contributed by atoms with van der Waals surface area (Å²) in [5, 5.41) is 8.68. The Morgan fingerprint density at radius 2 is 2.44 bits per heavy atom. The fourth-order valence-electron chi connectivity index (χ4n) is 1.87. The van der Waals surface area contributed by atoms with Crippen LogP contribution < -0.4 is 4.90 Å². The molecule has 1 atom stereocenters. The molecule has 1 aliphatic heterocycles. The Hall–Kier alpha value is -1.60. The maximum absolute atomic E-state index is 8.68. The van der Waals surface area contributed by atoms with Crippen LogP contribution in [0.25, 0.3) is 0 Å². The van der Waals surface area contributed by atoms with Gasteiger partial charge in [0.2, 0.25) is 0 Å². The molecule has 0 bridgehead atoms. The zero-order valence-electron chi connectivity index (χ0n) is 9.39. The molecule has 1 saturated heterocycles. The normalized spacial score (nSPS) is 21.2. The van der Waals surface area contributed by atoms with Gasteiger partial charge in [-0.3, -0.25) is 0 Å². The van der Waals surface area contributed by atoms with E-state index in [-0.39, 0.29) is 6.10 Å². The summed E-state index contributed by atoms with van der Waals surface area (Å²) >= 11 is 0. The number of nitrogens with zero attached hydrogens (tertiary/aromatic N) is 3. The third-order valence-corrected chi connectivity index (χ3v) is 2.68. The lowest BCUT2D eigenvalue weighted by molar-refractivity contribution is 0.0821. The highest BCUT2D eigenvalue weighted by Gasteiger charge is 2.15. The number of rotatable bonds is 1. The Kier molecular flexibility index (Phi) is 3.37. The average molecular weight is 217 g/mol. The van der Waals surface area contributed by atoms with Crippen LogP contribution in [0.1, 0.15) is 19.0 Å². The molecule has 84 valence electrons. The molecule has 2 rings (SSSR count). The van der Waals surface area contributed by atoms with Gasteiger partial charge in [0.25, 0.3) is 0 Å². The molecule has 0 radical (unpaired) electrons. The summed E-state index contributed by atoms with van der Waals surface area (Å²) in [5.41, 5.74) is 1.53. The number of nitriles is 1. The van der Waals surface area contributed by atoms with Crippen molar-refractivity contribution >= 4 is 5.69 Å². The van der Waals surface area contributed by atoms with Crippen molar-refractivity contribution in [3.8, 4) is 6.07 Å². The summed E-state index contributed by atoms with van der Waals surface area (Å²) in [4.78, 5) is 6.34. The van der Waals surface area contributed by atoms with E-state index in [0.29, 0.717) is 5.69 Å². The van der Waals surface area contributed by atoms with E-state index in [1.807, 2.05) is 12.1 Å². The van der Waals surface area contributed by atoms with E-state index in [1.54, 1.807) is 12.3 Å². The molecule has 1 aromatic rings. The van der Waals surface area contributed by atoms with Crippen LogP contribution in [-0.4, -0.2) is 30.8 Å². The maximum Gasteiger partial charge on any atom is 0.140 e. The van der Waals surface area contributed by atoms with E-state index >= 15 is 0 Å². The minimum atomic E-state index is 0.248. The van der Waals surface area contributed by atoms with E-state index in [1.165, 1.54) is 0 Å². The van der Waals surface area contributed by atoms with E-state index in [4.69, 9.17) is 10.00 Å². The Bertz CT molecular complexity index is 382. The summed E-state index contributed by atoms with van der Waals surface area (Å²) in [6, 6.07) is 5.73. The van der Waals surface area contributed by atoms with Crippen LogP contribution in [-0.2, 0) is 4.74 Å². The minimum Gasteiger partial charge on any atom is -0.377 e. The van der Waals surface area contributed by atoms with Gasteiger partial charge < -0.3 is 9.64 Å². The monoisotopic (exact) mass is 217 g/mol. The molecular formula is C12H15N3O. The fraction of sp³-hybridized carbons (Fsp3) is 0.500. The average Bonchev–Trinajstić information content (AvgIpc) is 2.54. The molecule has 0 aliphatic carbocycles. The standard InChI is InChI=1S/C12H15N3O/c1-10-9-15(5-2-6-16-10)12-4-3-11(7-13)14-8-12/h3-4,8,10H,2,5-6,9H2,1H3. The molecule has 1 aromatic heterocycles. The number of ether oxygens (including phenoxy) is 1. The lowest BCUT2D eigenvalue weighted by Gasteiger charge is -2.23. The van der Waals surface area contributed by atoms with Gasteiger partial charge in [-0.05, 0) is 25.5 Å². The fourth-order valence-corrected chi connectivity index (χ4v) is 1.87. The highest BCUT2D eigenvalue weighted by atomic mass is 16.5. The number of hydrogen-bond donors (Lipinski definition) is 0. The second-order valence-electron chi connectivity index (χ2n) is 3.99. The largest absolute Gasteiger partial charge is 0.377 e. The quantitative estimate of drug-likeness (QED) is 0.716. The summed E-state index contributed by atoms with van der Waals surface area (Å²) < 4.78 is 5.59. The van der Waals surface area contributed by atoms with Crippen LogP contribution in [0.3, 0.4) is 0 Å². The first-order valence-corrected chi connectivity index (χ1v) is 5.52. The molecule has 1 unspecified atom stereocenters. The first kappa shape index (κ1) is 10.9. The van der Waals surface area contributed by atoms with Gasteiger partial charge in [0.05, 0.1) is 18.0 Å². The van der Waals surface area contributed by atoms with Crippen molar-refractivity contribution in [2.24, 2.45) is 0 Å². The molecule has 16 heavy (non-hydrogen) atoms. The van der Waals surface area contributed by atoms with Gasteiger partial charge in [0.1, 0.15) is 11.8 Å². The van der Waals surface area contributed by atoms with Gasteiger partial charge in [0.15, 0.2) is 0 Å². The second kappa shape index (κ2) is 4.95. The highest BCUT2D eigenvalue weighted by Crippen LogP contribution is 2.16. The van der Waals surface area contributed by atoms with Crippen molar-refractivity contribution in [1.29, 1.82) is 5.26 Å². The van der Waals surface area contributed by atoms with E-state index in [9.17, 15) is 0 Å². The van der Waals surface area contributed by atoms with Gasteiger partial charge in [-0.25, -0.2) is 4.98 Å². The second-order valence-corrected chi connectivity index (χ2v) is 3.99. The molecule has 0 aromatic carbocycles. The van der Waals surface area contributed by atoms with Crippen LogP contribution in [0, 0.1) is 11.3 Å². The van der Waals surface area contributed by atoms with E-state index in [2.05, 4.69) is 16.8 Å². The summed E-state index contributed by atoms with van der Waals surface area (Å²) in [7, 11) is 0. The molecule has 1 aliphatic rings. The molecule has 0 N–H and O–H groups in total. The lowest BCUT2D eigenvalue weighted by Crippen LogP contribution is -2.30. The Labute approximate surface area is 95.5 Å². The SMILES string of the molecule is CC1CN(c2ccc(C#N)nc2)CCCO1. The van der Waals surface area contributed by atoms with E-state index in [0.717, 1.165) is 31.8 Å². The van der Waals surface area contributed by atoms with E-state index < -0.39 is 0 Å². The third-order valence-electron chi connectivity index (χ3n) is 2.68. The minimum absolute atomic E-state index is 0.248. The predicted molar refractivity (Wildman–Crippen MR) is 61.2 cm³/mol. The molecular weight excluding hydrogens is 202 g/mol. The van der Waals surface area contributed by atoms with Gasteiger partial charge in [0, 0.05) is 19.7 Å². The summed E-state index contributed by atoms with van der Waals surface area (Å²) in [6.07, 6.45) is 3.04. The van der Waals surface area contributed by atoms with Crippen LogP contribution in [0.2, 0.25) is 0 Å². The molecule has 4 nitrogen and oxygen atoms in total. The van der Waals surface area contributed by atoms with Crippen molar-refractivity contribution in [3.63, 3.8) is 0 Å².